The summed E-state index contributed by atoms with van der Waals surface area (Å²) < 4.78 is 5.07. The Morgan fingerprint density at radius 1 is 1.05 bits per heavy atom. The third-order valence-electron chi connectivity index (χ3n) is 3.21. The van der Waals surface area contributed by atoms with E-state index in [1.807, 2.05) is 19.9 Å². The molecule has 0 unspecified atom stereocenters. The van der Waals surface area contributed by atoms with E-state index in [9.17, 15) is 4.79 Å². The summed E-state index contributed by atoms with van der Waals surface area (Å²) in [6.07, 6.45) is 0. The highest BCUT2D eigenvalue weighted by molar-refractivity contribution is 6.00. The maximum Gasteiger partial charge on any atom is 0.323 e. The molecule has 0 radical (unpaired) electrons. The summed E-state index contributed by atoms with van der Waals surface area (Å²) in [5.74, 6) is 0.739. The highest BCUT2D eigenvalue weighted by atomic mass is 16.5. The van der Waals surface area contributed by atoms with Crippen molar-refractivity contribution in [2.24, 2.45) is 0 Å². The standard InChI is InChI=1S/C16H19N3O2/c1-10-8-11(2)15(9-14(10)17)19-16(20)18-12-4-6-13(21-3)7-5-12/h4-9H,17H2,1-3H3,(H2,18,19,20). The van der Waals surface area contributed by atoms with Gasteiger partial charge in [0.2, 0.25) is 0 Å². The minimum Gasteiger partial charge on any atom is -0.497 e. The van der Waals surface area contributed by atoms with E-state index in [1.54, 1.807) is 37.4 Å². The highest BCUT2D eigenvalue weighted by Gasteiger charge is 2.07. The van der Waals surface area contributed by atoms with Crippen molar-refractivity contribution in [2.75, 3.05) is 23.5 Å². The molecule has 0 heterocycles. The number of benzene rings is 2. The first-order valence-electron chi connectivity index (χ1n) is 6.58. The van der Waals surface area contributed by atoms with Gasteiger partial charge in [0.1, 0.15) is 5.75 Å². The van der Waals surface area contributed by atoms with E-state index in [0.29, 0.717) is 17.1 Å². The average molecular weight is 285 g/mol. The molecule has 0 aliphatic rings. The van der Waals surface area contributed by atoms with Crippen molar-refractivity contribution in [3.05, 3.63) is 47.5 Å². The van der Waals surface area contributed by atoms with Crippen LogP contribution in [0.25, 0.3) is 0 Å². The fourth-order valence-corrected chi connectivity index (χ4v) is 1.96. The third-order valence-corrected chi connectivity index (χ3v) is 3.21. The predicted octanol–water partition coefficient (Wildman–Crippen LogP) is 3.54. The van der Waals surface area contributed by atoms with Crippen molar-refractivity contribution >= 4 is 23.1 Å². The molecule has 0 saturated carbocycles. The minimum atomic E-state index is -0.313. The molecule has 4 N–H and O–H groups in total. The van der Waals surface area contributed by atoms with Gasteiger partial charge in [0.05, 0.1) is 7.11 Å². The number of methoxy groups -OCH3 is 1. The van der Waals surface area contributed by atoms with Crippen LogP contribution >= 0.6 is 0 Å². The zero-order chi connectivity index (χ0) is 15.4. The summed E-state index contributed by atoms with van der Waals surface area (Å²) in [5, 5.41) is 5.55. The molecule has 2 rings (SSSR count). The largest absolute Gasteiger partial charge is 0.497 e. The van der Waals surface area contributed by atoms with Crippen molar-refractivity contribution < 1.29 is 9.53 Å². The minimum absolute atomic E-state index is 0.313. The molecule has 0 aliphatic heterocycles. The number of carbonyl (C=O) groups is 1. The fraction of sp³-hybridized carbons (Fsp3) is 0.188. The van der Waals surface area contributed by atoms with Gasteiger partial charge in [0.25, 0.3) is 0 Å². The molecule has 2 aromatic rings. The summed E-state index contributed by atoms with van der Waals surface area (Å²) in [4.78, 5) is 12.0. The molecule has 5 nitrogen and oxygen atoms in total. The number of nitrogens with two attached hydrogens (primary N) is 1. The number of anilines is 3. The molecule has 2 amide bonds. The molecule has 21 heavy (non-hydrogen) atoms. The summed E-state index contributed by atoms with van der Waals surface area (Å²) >= 11 is 0. The topological polar surface area (TPSA) is 76.4 Å². The molecule has 0 fully saturated rings. The molecule has 0 bridgehead atoms. The van der Waals surface area contributed by atoms with Gasteiger partial charge in [-0.05, 0) is 55.3 Å². The number of nitrogens with one attached hydrogen (secondary N) is 2. The van der Waals surface area contributed by atoms with Gasteiger partial charge in [-0.15, -0.1) is 0 Å². The Kier molecular flexibility index (Phi) is 4.33. The van der Waals surface area contributed by atoms with Crippen molar-refractivity contribution in [1.29, 1.82) is 0 Å². The number of hydrogen-bond acceptors (Lipinski definition) is 3. The first kappa shape index (κ1) is 14.7. The lowest BCUT2D eigenvalue weighted by Crippen LogP contribution is -2.20. The lowest BCUT2D eigenvalue weighted by atomic mass is 10.1. The number of urea groups is 1. The predicted molar refractivity (Wildman–Crippen MR) is 86.0 cm³/mol. The van der Waals surface area contributed by atoms with Crippen LogP contribution in [0.3, 0.4) is 0 Å². The van der Waals surface area contributed by atoms with Gasteiger partial charge in [-0.25, -0.2) is 4.79 Å². The summed E-state index contributed by atoms with van der Waals surface area (Å²) in [6, 6.07) is 10.5. The van der Waals surface area contributed by atoms with Crippen LogP contribution in [0.5, 0.6) is 5.75 Å². The molecule has 0 aromatic heterocycles. The lowest BCUT2D eigenvalue weighted by molar-refractivity contribution is 0.262. The maximum atomic E-state index is 12.0. The van der Waals surface area contributed by atoms with Gasteiger partial charge in [-0.2, -0.15) is 0 Å². The molecule has 0 saturated heterocycles. The van der Waals surface area contributed by atoms with Gasteiger partial charge in [0, 0.05) is 17.1 Å². The van der Waals surface area contributed by atoms with Crippen LogP contribution in [0, 0.1) is 13.8 Å². The average Bonchev–Trinajstić information content (AvgIpc) is 2.45. The van der Waals surface area contributed by atoms with E-state index in [2.05, 4.69) is 10.6 Å². The van der Waals surface area contributed by atoms with Crippen LogP contribution < -0.4 is 21.1 Å². The Hall–Kier alpha value is -2.69. The summed E-state index contributed by atoms with van der Waals surface area (Å²) in [6.45, 7) is 3.86. The summed E-state index contributed by atoms with van der Waals surface area (Å²) in [7, 11) is 1.60. The fourth-order valence-electron chi connectivity index (χ4n) is 1.96. The van der Waals surface area contributed by atoms with Crippen LogP contribution in [0.2, 0.25) is 0 Å². The van der Waals surface area contributed by atoms with E-state index < -0.39 is 0 Å². The second-order valence-electron chi connectivity index (χ2n) is 4.83. The van der Waals surface area contributed by atoms with Gasteiger partial charge in [0.15, 0.2) is 0 Å². The van der Waals surface area contributed by atoms with Gasteiger partial charge in [-0.3, -0.25) is 0 Å². The number of aryl methyl sites for hydroxylation is 2. The number of hydrogen-bond donors (Lipinski definition) is 3. The van der Waals surface area contributed by atoms with E-state index in [1.165, 1.54) is 0 Å². The Morgan fingerprint density at radius 3 is 2.33 bits per heavy atom. The monoisotopic (exact) mass is 285 g/mol. The third kappa shape index (κ3) is 3.66. The normalized spacial score (nSPS) is 10.0. The molecule has 0 atom stereocenters. The smallest absolute Gasteiger partial charge is 0.323 e. The van der Waals surface area contributed by atoms with Gasteiger partial charge >= 0.3 is 6.03 Å². The Labute approximate surface area is 124 Å². The Balaban J connectivity index is 2.06. The maximum absolute atomic E-state index is 12.0. The second kappa shape index (κ2) is 6.17. The van der Waals surface area contributed by atoms with E-state index >= 15 is 0 Å². The first-order valence-corrected chi connectivity index (χ1v) is 6.58. The van der Waals surface area contributed by atoms with Crippen LogP contribution in [0.15, 0.2) is 36.4 Å². The van der Waals surface area contributed by atoms with Crippen LogP contribution in [0.4, 0.5) is 21.9 Å². The zero-order valence-corrected chi connectivity index (χ0v) is 12.4. The van der Waals surface area contributed by atoms with Crippen LogP contribution in [0.1, 0.15) is 11.1 Å². The molecule has 0 spiro atoms. The molecule has 110 valence electrons. The van der Waals surface area contributed by atoms with Crippen LogP contribution in [-0.4, -0.2) is 13.1 Å². The van der Waals surface area contributed by atoms with Crippen molar-refractivity contribution in [1.82, 2.24) is 0 Å². The van der Waals surface area contributed by atoms with E-state index in [4.69, 9.17) is 10.5 Å². The van der Waals surface area contributed by atoms with Crippen molar-refractivity contribution in [3.63, 3.8) is 0 Å². The van der Waals surface area contributed by atoms with Gasteiger partial charge in [-0.1, -0.05) is 6.07 Å². The number of amides is 2. The number of rotatable bonds is 3. The second-order valence-corrected chi connectivity index (χ2v) is 4.83. The van der Waals surface area contributed by atoms with Crippen LogP contribution in [-0.2, 0) is 0 Å². The van der Waals surface area contributed by atoms with Gasteiger partial charge < -0.3 is 21.1 Å². The number of ether oxygens (including phenoxy) is 1. The van der Waals surface area contributed by atoms with Crippen molar-refractivity contribution in [3.8, 4) is 5.75 Å². The van der Waals surface area contributed by atoms with E-state index in [0.717, 1.165) is 16.9 Å². The number of nitrogen functional groups attached to an aromatic ring is 1. The molecular formula is C16H19N3O2. The Bertz CT molecular complexity index is 651. The van der Waals surface area contributed by atoms with Crippen molar-refractivity contribution in [2.45, 2.75) is 13.8 Å². The first-order chi connectivity index (χ1) is 9.99. The van der Waals surface area contributed by atoms with E-state index in [-0.39, 0.29) is 6.03 Å². The highest BCUT2D eigenvalue weighted by Crippen LogP contribution is 2.22. The molecular weight excluding hydrogens is 266 g/mol. The molecule has 2 aromatic carbocycles. The molecule has 5 heteroatoms. The zero-order valence-electron chi connectivity index (χ0n) is 12.4. The Morgan fingerprint density at radius 2 is 1.71 bits per heavy atom. The SMILES string of the molecule is COc1ccc(NC(=O)Nc2cc(N)c(C)cc2C)cc1. The molecule has 0 aliphatic carbocycles. The lowest BCUT2D eigenvalue weighted by Gasteiger charge is -2.12. The number of carbonyl (C=O) groups excluding carboxylic acids is 1. The summed E-state index contributed by atoms with van der Waals surface area (Å²) in [5.41, 5.74) is 9.86. The quantitative estimate of drug-likeness (QED) is 0.755.